The summed E-state index contributed by atoms with van der Waals surface area (Å²) >= 11 is 0. The molecule has 170 valence electrons. The maximum Gasteiger partial charge on any atom is 0.211 e. The third kappa shape index (κ3) is 2.33. The lowest BCUT2D eigenvalue weighted by molar-refractivity contribution is -0.125. The third-order valence-electron chi connectivity index (χ3n) is 9.81. The molecule has 2 heterocycles. The number of benzene rings is 2. The van der Waals surface area contributed by atoms with Crippen molar-refractivity contribution in [3.63, 3.8) is 0 Å². The van der Waals surface area contributed by atoms with E-state index in [-0.39, 0.29) is 16.2 Å². The summed E-state index contributed by atoms with van der Waals surface area (Å²) < 4.78 is 6.79. The van der Waals surface area contributed by atoms with Crippen molar-refractivity contribution in [2.45, 2.75) is 58.6 Å². The number of anilines is 1. The molecule has 2 aromatic rings. The number of carbonyl (C=O) groups is 1. The Morgan fingerprint density at radius 1 is 1.06 bits per heavy atom. The first-order valence-electron chi connectivity index (χ1n) is 12.1. The first-order chi connectivity index (χ1) is 15.5. The molecule has 0 aromatic heterocycles. The predicted octanol–water partition coefficient (Wildman–Crippen LogP) is 6.62. The van der Waals surface area contributed by atoms with Gasteiger partial charge in [-0.05, 0) is 91.1 Å². The van der Waals surface area contributed by atoms with Crippen molar-refractivity contribution in [3.05, 3.63) is 70.8 Å². The number of ether oxygens (including phenoxy) is 1. The van der Waals surface area contributed by atoms with Crippen molar-refractivity contribution in [1.82, 2.24) is 0 Å². The van der Waals surface area contributed by atoms with E-state index in [1.807, 2.05) is 0 Å². The van der Waals surface area contributed by atoms with Crippen LogP contribution in [0.25, 0.3) is 12.2 Å². The maximum absolute atomic E-state index is 13.3. The van der Waals surface area contributed by atoms with Gasteiger partial charge in [-0.1, -0.05) is 45.0 Å². The van der Waals surface area contributed by atoms with E-state index < -0.39 is 5.72 Å². The highest BCUT2D eigenvalue weighted by Gasteiger charge is 2.64. The summed E-state index contributed by atoms with van der Waals surface area (Å²) in [6.07, 6.45) is 8.66. The van der Waals surface area contributed by atoms with Crippen LogP contribution in [0.5, 0.6) is 5.75 Å². The summed E-state index contributed by atoms with van der Waals surface area (Å²) in [5.41, 5.74) is 4.71. The van der Waals surface area contributed by atoms with Crippen molar-refractivity contribution >= 4 is 23.6 Å². The predicted molar refractivity (Wildman–Crippen MR) is 134 cm³/mol. The maximum atomic E-state index is 13.3. The van der Waals surface area contributed by atoms with Crippen LogP contribution in [0.2, 0.25) is 0 Å². The lowest BCUT2D eigenvalue weighted by atomic mass is 9.70. The number of nitrogens with zero attached hydrogens (tertiary/aromatic N) is 1. The zero-order chi connectivity index (χ0) is 23.4. The Labute approximate surface area is 197 Å². The van der Waals surface area contributed by atoms with Gasteiger partial charge in [-0.3, -0.25) is 4.79 Å². The zero-order valence-corrected chi connectivity index (χ0v) is 20.5. The molecule has 6 rings (SSSR count). The number of carbonyl (C=O) groups excluding carboxylic acids is 1. The zero-order valence-electron chi connectivity index (χ0n) is 20.5. The van der Waals surface area contributed by atoms with E-state index in [1.54, 1.807) is 0 Å². The number of hydrogen-bond acceptors (Lipinski definition) is 3. The summed E-state index contributed by atoms with van der Waals surface area (Å²) in [7, 11) is 2.12. The molecule has 2 aliphatic carbocycles. The highest BCUT2D eigenvalue weighted by Crippen LogP contribution is 2.65. The SMILES string of the molecule is CN1c2ccccc2C(C)(C)C12C=Cc1cc(C=C3C(=O)C4(C)CCC3C4(C)C)ccc1O2. The van der Waals surface area contributed by atoms with Gasteiger partial charge in [0.15, 0.2) is 5.78 Å². The Morgan fingerprint density at radius 3 is 2.52 bits per heavy atom. The molecule has 2 bridgehead atoms. The Bertz CT molecular complexity index is 1270. The molecule has 2 aromatic carbocycles. The molecule has 2 aliphatic heterocycles. The van der Waals surface area contributed by atoms with Crippen LogP contribution in [0.3, 0.4) is 0 Å². The van der Waals surface area contributed by atoms with Gasteiger partial charge in [0.2, 0.25) is 5.72 Å². The summed E-state index contributed by atoms with van der Waals surface area (Å²) in [5.74, 6) is 1.59. The van der Waals surface area contributed by atoms with Gasteiger partial charge in [-0.2, -0.15) is 0 Å². The lowest BCUT2D eigenvalue weighted by Gasteiger charge is -2.45. The van der Waals surface area contributed by atoms with E-state index in [1.165, 1.54) is 11.3 Å². The van der Waals surface area contributed by atoms with Crippen molar-refractivity contribution < 1.29 is 9.53 Å². The fourth-order valence-corrected chi connectivity index (χ4v) is 7.16. The van der Waals surface area contributed by atoms with Gasteiger partial charge >= 0.3 is 0 Å². The molecule has 4 aliphatic rings. The number of ketones is 1. The summed E-state index contributed by atoms with van der Waals surface area (Å²) in [6.45, 7) is 11.2. The van der Waals surface area contributed by atoms with Crippen LogP contribution in [0, 0.1) is 16.7 Å². The summed E-state index contributed by atoms with van der Waals surface area (Å²) in [5, 5.41) is 0. The minimum absolute atomic E-state index is 0.0349. The molecule has 3 nitrogen and oxygen atoms in total. The third-order valence-corrected chi connectivity index (χ3v) is 9.81. The van der Waals surface area contributed by atoms with E-state index in [0.717, 1.165) is 35.3 Å². The van der Waals surface area contributed by atoms with Gasteiger partial charge in [-0.25, -0.2) is 0 Å². The molecular weight excluding hydrogens is 406 g/mol. The number of hydrogen-bond donors (Lipinski definition) is 0. The van der Waals surface area contributed by atoms with E-state index in [9.17, 15) is 4.79 Å². The monoisotopic (exact) mass is 439 g/mol. The van der Waals surface area contributed by atoms with Crippen molar-refractivity contribution in [2.75, 3.05) is 11.9 Å². The highest BCUT2D eigenvalue weighted by atomic mass is 16.5. The van der Waals surface area contributed by atoms with Gasteiger partial charge in [0.25, 0.3) is 0 Å². The number of Topliss-reactive ketones (excluding diaryl/α,β-unsaturated/α-hetero) is 1. The van der Waals surface area contributed by atoms with Crippen LogP contribution in [-0.4, -0.2) is 18.6 Å². The van der Waals surface area contributed by atoms with E-state index >= 15 is 0 Å². The van der Waals surface area contributed by atoms with Crippen LogP contribution in [0.15, 0.2) is 54.1 Å². The molecule has 0 saturated heterocycles. The number of para-hydroxylation sites is 1. The highest BCUT2D eigenvalue weighted by molar-refractivity contribution is 6.08. The molecule has 1 spiro atoms. The number of rotatable bonds is 1. The second-order valence-electron chi connectivity index (χ2n) is 11.7. The van der Waals surface area contributed by atoms with Gasteiger partial charge in [0.05, 0.1) is 5.41 Å². The van der Waals surface area contributed by atoms with Crippen molar-refractivity contribution in [3.8, 4) is 5.75 Å². The molecule has 2 fully saturated rings. The molecule has 3 atom stereocenters. The molecule has 0 radical (unpaired) electrons. The van der Waals surface area contributed by atoms with Crippen LogP contribution < -0.4 is 9.64 Å². The molecule has 3 heteroatoms. The van der Waals surface area contributed by atoms with Gasteiger partial charge in [-0.15, -0.1) is 0 Å². The Morgan fingerprint density at radius 2 is 1.82 bits per heavy atom. The first-order valence-corrected chi connectivity index (χ1v) is 12.1. The second-order valence-corrected chi connectivity index (χ2v) is 11.7. The summed E-state index contributed by atoms with van der Waals surface area (Å²) in [4.78, 5) is 15.5. The van der Waals surface area contributed by atoms with E-state index in [4.69, 9.17) is 4.74 Å². The minimum atomic E-state index is -0.567. The Balaban J connectivity index is 1.37. The average Bonchev–Trinajstić information content (AvgIpc) is 3.18. The number of likely N-dealkylation sites (N-methyl/N-ethyl adjacent to an activating group) is 1. The van der Waals surface area contributed by atoms with Gasteiger partial charge in [0, 0.05) is 23.7 Å². The molecule has 0 N–H and O–H groups in total. The van der Waals surface area contributed by atoms with Crippen LogP contribution in [-0.2, 0) is 10.2 Å². The standard InChI is InChI=1S/C30H33NO2/c1-27(2)22-14-15-29(27,5)26(32)21(22)18-19-11-12-25-20(17-19)13-16-30(33-25)28(3,4)23-9-7-8-10-24(23)31(30)6/h7-13,16-18,22H,14-15H2,1-6H3. The quantitative estimate of drug-likeness (QED) is 0.467. The normalized spacial score (nSPS) is 33.5. The molecule has 2 saturated carbocycles. The van der Waals surface area contributed by atoms with Crippen LogP contribution in [0.1, 0.15) is 64.2 Å². The summed E-state index contributed by atoms with van der Waals surface area (Å²) in [6, 6.07) is 14.9. The largest absolute Gasteiger partial charge is 0.463 e. The fourth-order valence-electron chi connectivity index (χ4n) is 7.16. The number of fused-ring (bicyclic) bond motifs is 4. The molecule has 3 unspecified atom stereocenters. The van der Waals surface area contributed by atoms with Crippen molar-refractivity contribution in [1.29, 1.82) is 0 Å². The minimum Gasteiger partial charge on any atom is -0.463 e. The van der Waals surface area contributed by atoms with Crippen LogP contribution >= 0.6 is 0 Å². The smallest absolute Gasteiger partial charge is 0.211 e. The molecule has 33 heavy (non-hydrogen) atoms. The Hall–Kier alpha value is -2.81. The van der Waals surface area contributed by atoms with Gasteiger partial charge in [0.1, 0.15) is 5.75 Å². The van der Waals surface area contributed by atoms with Gasteiger partial charge < -0.3 is 9.64 Å². The van der Waals surface area contributed by atoms with Crippen LogP contribution in [0.4, 0.5) is 5.69 Å². The van der Waals surface area contributed by atoms with E-state index in [0.29, 0.717) is 11.7 Å². The van der Waals surface area contributed by atoms with E-state index in [2.05, 4.69) is 107 Å². The molecule has 0 amide bonds. The first kappa shape index (κ1) is 20.8. The second kappa shape index (κ2) is 6.20. The number of allylic oxidation sites excluding steroid dienone is 1. The Kier molecular flexibility index (Phi) is 3.90. The lowest BCUT2D eigenvalue weighted by Crippen LogP contribution is -2.58. The topological polar surface area (TPSA) is 29.5 Å². The average molecular weight is 440 g/mol. The van der Waals surface area contributed by atoms with Crippen molar-refractivity contribution in [2.24, 2.45) is 16.7 Å². The molecular formula is C30H33NO2. The fraction of sp³-hybridized carbons (Fsp3) is 0.433.